The number of hydrogen-bond acceptors (Lipinski definition) is 3. The van der Waals surface area contributed by atoms with Gasteiger partial charge in [-0.05, 0) is 18.8 Å². The summed E-state index contributed by atoms with van der Waals surface area (Å²) in [7, 11) is 0. The van der Waals surface area contributed by atoms with Crippen LogP contribution in [0.3, 0.4) is 0 Å². The van der Waals surface area contributed by atoms with E-state index in [0.717, 1.165) is 18.5 Å². The smallest absolute Gasteiger partial charge is 0.314 e. The molecule has 0 spiro atoms. The molecule has 0 aromatic carbocycles. The molecule has 1 aromatic heterocycles. The Balaban J connectivity index is 1.63. The van der Waals surface area contributed by atoms with Crippen molar-refractivity contribution < 1.29 is 14.7 Å². The van der Waals surface area contributed by atoms with E-state index in [1.165, 1.54) is 0 Å². The van der Waals surface area contributed by atoms with Crippen molar-refractivity contribution in [2.75, 3.05) is 13.1 Å². The lowest BCUT2D eigenvalue weighted by molar-refractivity contribution is -0.142. The molecule has 1 fully saturated rings. The van der Waals surface area contributed by atoms with E-state index in [2.05, 4.69) is 20.6 Å². The van der Waals surface area contributed by atoms with Crippen LogP contribution in [0.25, 0.3) is 0 Å². The Hall–Kier alpha value is -2.05. The number of urea groups is 1. The average molecular weight is 280 g/mol. The molecule has 0 bridgehead atoms. The van der Waals surface area contributed by atoms with Gasteiger partial charge in [0.25, 0.3) is 0 Å². The van der Waals surface area contributed by atoms with Gasteiger partial charge in [0.1, 0.15) is 0 Å². The molecule has 1 aliphatic carbocycles. The molecule has 7 nitrogen and oxygen atoms in total. The van der Waals surface area contributed by atoms with E-state index >= 15 is 0 Å². The van der Waals surface area contributed by atoms with Crippen LogP contribution >= 0.6 is 0 Å². The number of hydrogen-bond donors (Lipinski definition) is 4. The maximum absolute atomic E-state index is 11.6. The van der Waals surface area contributed by atoms with Crippen LogP contribution in [-0.2, 0) is 11.2 Å². The van der Waals surface area contributed by atoms with Crippen molar-refractivity contribution in [3.05, 3.63) is 18.2 Å². The number of carboxylic acids is 1. The molecule has 7 heteroatoms. The summed E-state index contributed by atoms with van der Waals surface area (Å²) in [4.78, 5) is 29.5. The number of aromatic nitrogens is 2. The Morgan fingerprint density at radius 3 is 2.95 bits per heavy atom. The summed E-state index contributed by atoms with van der Waals surface area (Å²) < 4.78 is 0. The molecule has 4 N–H and O–H groups in total. The number of H-pyrrole nitrogens is 1. The molecule has 2 rings (SSSR count). The Labute approximate surface area is 117 Å². The fraction of sp³-hybridized carbons (Fsp3) is 0.615. The minimum Gasteiger partial charge on any atom is -0.481 e. The van der Waals surface area contributed by atoms with Gasteiger partial charge in [-0.15, -0.1) is 0 Å². The Kier molecular flexibility index (Phi) is 4.97. The highest BCUT2D eigenvalue weighted by atomic mass is 16.4. The van der Waals surface area contributed by atoms with E-state index in [1.54, 1.807) is 12.5 Å². The lowest BCUT2D eigenvalue weighted by atomic mass is 9.96. The molecule has 20 heavy (non-hydrogen) atoms. The Morgan fingerprint density at radius 2 is 2.25 bits per heavy atom. The third kappa shape index (κ3) is 3.97. The average Bonchev–Trinajstić information content (AvgIpc) is 3.07. The fourth-order valence-electron chi connectivity index (χ4n) is 2.62. The highest BCUT2D eigenvalue weighted by Gasteiger charge is 2.32. The molecule has 1 heterocycles. The van der Waals surface area contributed by atoms with Crippen molar-refractivity contribution >= 4 is 12.0 Å². The molecule has 2 amide bonds. The fourth-order valence-corrected chi connectivity index (χ4v) is 2.62. The lowest BCUT2D eigenvalue weighted by Crippen LogP contribution is -2.40. The van der Waals surface area contributed by atoms with Gasteiger partial charge in [-0.1, -0.05) is 6.42 Å². The lowest BCUT2D eigenvalue weighted by Gasteiger charge is -2.16. The van der Waals surface area contributed by atoms with Crippen molar-refractivity contribution in [3.63, 3.8) is 0 Å². The number of aromatic amines is 1. The van der Waals surface area contributed by atoms with Gasteiger partial charge in [0.05, 0.1) is 12.2 Å². The van der Waals surface area contributed by atoms with Crippen molar-refractivity contribution in [1.82, 2.24) is 20.6 Å². The number of carboxylic acid groups (broad SMARTS) is 1. The van der Waals surface area contributed by atoms with Gasteiger partial charge < -0.3 is 20.7 Å². The first kappa shape index (κ1) is 14.4. The summed E-state index contributed by atoms with van der Waals surface area (Å²) in [5, 5.41) is 14.6. The monoisotopic (exact) mass is 280 g/mol. The zero-order chi connectivity index (χ0) is 14.4. The summed E-state index contributed by atoms with van der Waals surface area (Å²) in [5.74, 6) is -1.03. The van der Waals surface area contributed by atoms with Crippen LogP contribution in [0.1, 0.15) is 25.0 Å². The van der Waals surface area contributed by atoms with Crippen molar-refractivity contribution in [3.8, 4) is 0 Å². The van der Waals surface area contributed by atoms with Crippen LogP contribution in [-0.4, -0.2) is 40.2 Å². The van der Waals surface area contributed by atoms with Gasteiger partial charge in [0, 0.05) is 31.4 Å². The third-order valence-corrected chi connectivity index (χ3v) is 3.74. The number of carbonyl (C=O) groups excluding carboxylic acids is 1. The van der Waals surface area contributed by atoms with Gasteiger partial charge in [-0.3, -0.25) is 4.79 Å². The molecule has 0 saturated heterocycles. The second-order valence-electron chi connectivity index (χ2n) is 5.10. The molecule has 1 saturated carbocycles. The normalized spacial score (nSPS) is 21.6. The molecular weight excluding hydrogens is 260 g/mol. The molecular formula is C13H20N4O3. The third-order valence-electron chi connectivity index (χ3n) is 3.74. The van der Waals surface area contributed by atoms with E-state index < -0.39 is 5.97 Å². The number of amides is 2. The first-order chi connectivity index (χ1) is 9.66. The molecule has 1 aromatic rings. The van der Waals surface area contributed by atoms with E-state index in [9.17, 15) is 9.59 Å². The second-order valence-corrected chi connectivity index (χ2v) is 5.10. The predicted molar refractivity (Wildman–Crippen MR) is 72.2 cm³/mol. The zero-order valence-corrected chi connectivity index (χ0v) is 11.3. The molecule has 1 aliphatic rings. The standard InChI is InChI=1S/C13H20N4O3/c18-12(19)11-3-1-2-9(11)6-16-13(20)15-5-4-10-7-14-8-17-10/h7-9,11H,1-6H2,(H,14,17)(H,18,19)(H2,15,16,20). The van der Waals surface area contributed by atoms with Crippen LogP contribution in [0.4, 0.5) is 4.79 Å². The quantitative estimate of drug-likeness (QED) is 0.617. The number of nitrogens with zero attached hydrogens (tertiary/aromatic N) is 1. The summed E-state index contributed by atoms with van der Waals surface area (Å²) in [6, 6.07) is -0.249. The number of carbonyl (C=O) groups is 2. The summed E-state index contributed by atoms with van der Waals surface area (Å²) >= 11 is 0. The van der Waals surface area contributed by atoms with Crippen LogP contribution in [0.5, 0.6) is 0 Å². The number of nitrogens with one attached hydrogen (secondary N) is 3. The topological polar surface area (TPSA) is 107 Å². The van der Waals surface area contributed by atoms with Crippen LogP contribution in [0.15, 0.2) is 12.5 Å². The van der Waals surface area contributed by atoms with Crippen molar-refractivity contribution in [1.29, 1.82) is 0 Å². The van der Waals surface area contributed by atoms with E-state index in [-0.39, 0.29) is 17.9 Å². The van der Waals surface area contributed by atoms with E-state index in [1.807, 2.05) is 0 Å². The Morgan fingerprint density at radius 1 is 1.40 bits per heavy atom. The molecule has 2 atom stereocenters. The van der Waals surface area contributed by atoms with Gasteiger partial charge >= 0.3 is 12.0 Å². The van der Waals surface area contributed by atoms with Crippen molar-refractivity contribution in [2.45, 2.75) is 25.7 Å². The van der Waals surface area contributed by atoms with E-state index in [0.29, 0.717) is 25.9 Å². The molecule has 0 radical (unpaired) electrons. The van der Waals surface area contributed by atoms with Gasteiger partial charge in [0.15, 0.2) is 0 Å². The second kappa shape index (κ2) is 6.93. The number of aliphatic carboxylic acids is 1. The van der Waals surface area contributed by atoms with E-state index in [4.69, 9.17) is 5.11 Å². The van der Waals surface area contributed by atoms with Crippen LogP contribution in [0.2, 0.25) is 0 Å². The zero-order valence-electron chi connectivity index (χ0n) is 11.3. The number of imidazole rings is 1. The minimum atomic E-state index is -0.756. The highest BCUT2D eigenvalue weighted by molar-refractivity contribution is 5.74. The van der Waals surface area contributed by atoms with Crippen LogP contribution < -0.4 is 10.6 Å². The maximum Gasteiger partial charge on any atom is 0.314 e. The number of rotatable bonds is 6. The first-order valence-corrected chi connectivity index (χ1v) is 6.88. The molecule has 0 aliphatic heterocycles. The summed E-state index contributed by atoms with van der Waals surface area (Å²) in [5.41, 5.74) is 0.965. The predicted octanol–water partition coefficient (Wildman–Crippen LogP) is 0.752. The summed E-state index contributed by atoms with van der Waals surface area (Å²) in [6.45, 7) is 0.938. The highest BCUT2D eigenvalue weighted by Crippen LogP contribution is 2.31. The largest absolute Gasteiger partial charge is 0.481 e. The first-order valence-electron chi connectivity index (χ1n) is 6.88. The van der Waals surface area contributed by atoms with Gasteiger partial charge in [-0.25, -0.2) is 9.78 Å². The van der Waals surface area contributed by atoms with Gasteiger partial charge in [0.2, 0.25) is 0 Å². The van der Waals surface area contributed by atoms with Crippen molar-refractivity contribution in [2.24, 2.45) is 11.8 Å². The maximum atomic E-state index is 11.6. The van der Waals surface area contributed by atoms with Crippen LogP contribution in [0, 0.1) is 11.8 Å². The SMILES string of the molecule is O=C(NCCc1cnc[nH]1)NCC1CCCC1C(=O)O. The molecule has 110 valence electrons. The van der Waals surface area contributed by atoms with Gasteiger partial charge in [-0.2, -0.15) is 0 Å². The minimum absolute atomic E-state index is 0.0471. The Bertz CT molecular complexity index is 446. The summed E-state index contributed by atoms with van der Waals surface area (Å²) in [6.07, 6.45) is 6.50. The molecule has 2 unspecified atom stereocenters.